The molecule has 0 heterocycles. The zero-order valence-electron chi connectivity index (χ0n) is 11.6. The van der Waals surface area contributed by atoms with E-state index in [0.717, 1.165) is 0 Å². The van der Waals surface area contributed by atoms with Gasteiger partial charge in [-0.15, -0.1) is 0 Å². The molecule has 0 spiro atoms. The Balaban J connectivity index is -0.000000180. The molecule has 0 atom stereocenters. The minimum absolute atomic E-state index is 0. The van der Waals surface area contributed by atoms with Gasteiger partial charge in [0.2, 0.25) is 0 Å². The predicted octanol–water partition coefficient (Wildman–Crippen LogP) is 4.52. The molecule has 0 fully saturated rings. The molecule has 98 valence electrons. The Morgan fingerprint density at radius 1 is 0.467 bits per heavy atom. The van der Waals surface area contributed by atoms with Crippen molar-refractivity contribution in [2.75, 3.05) is 37.0 Å². The second kappa shape index (κ2) is 17.7. The minimum Gasteiger partial charge on any atom is -0.0313 e. The summed E-state index contributed by atoms with van der Waals surface area (Å²) in [6, 6.07) is 0. The Bertz CT molecular complexity index is 68.6. The van der Waals surface area contributed by atoms with Gasteiger partial charge in [-0.1, -0.05) is 0 Å². The molecule has 0 rings (SSSR count). The summed E-state index contributed by atoms with van der Waals surface area (Å²) < 4.78 is 0. The van der Waals surface area contributed by atoms with Crippen molar-refractivity contribution in [2.45, 2.75) is 41.5 Å². The van der Waals surface area contributed by atoms with Crippen molar-refractivity contribution in [3.63, 3.8) is 0 Å². The van der Waals surface area contributed by atoms with Gasteiger partial charge in [0.05, 0.1) is 37.0 Å². The topological polar surface area (TPSA) is 0 Å². The summed E-state index contributed by atoms with van der Waals surface area (Å²) in [6.07, 6.45) is 8.74. The first-order valence-corrected chi connectivity index (χ1v) is 10.6. The van der Waals surface area contributed by atoms with Crippen LogP contribution in [0.1, 0.15) is 41.5 Å². The van der Waals surface area contributed by atoms with Gasteiger partial charge in [0.25, 0.3) is 0 Å². The molecule has 0 aromatic rings. The first-order valence-electron chi connectivity index (χ1n) is 6.36. The summed E-state index contributed by atoms with van der Waals surface area (Å²) in [5, 5.41) is 0. The fraction of sp³-hybridized carbons (Fsp3) is 1.00. The van der Waals surface area contributed by atoms with Crippen LogP contribution in [0.3, 0.4) is 0 Å². The van der Waals surface area contributed by atoms with E-state index in [-0.39, 0.29) is 32.3 Å². The Hall–Kier alpha value is 1.35. The fourth-order valence-electron chi connectivity index (χ4n) is 1.50. The third-order valence-electron chi connectivity index (χ3n) is 3.00. The quantitative estimate of drug-likeness (QED) is 0.499. The number of hydrogen-bond acceptors (Lipinski definition) is 0. The molecule has 15 heavy (non-hydrogen) atoms. The maximum absolute atomic E-state index is 2.31. The van der Waals surface area contributed by atoms with Crippen LogP contribution in [0.15, 0.2) is 0 Å². The molecule has 0 N–H and O–H groups in total. The van der Waals surface area contributed by atoms with E-state index in [1.54, 1.807) is 0 Å². The van der Waals surface area contributed by atoms with Crippen molar-refractivity contribution < 1.29 is 16.5 Å². The van der Waals surface area contributed by atoms with Crippen molar-refractivity contribution in [3.8, 4) is 0 Å². The van der Waals surface area contributed by atoms with Crippen LogP contribution < -0.4 is 0 Å². The van der Waals surface area contributed by atoms with Crippen LogP contribution in [0.4, 0.5) is 0 Å². The van der Waals surface area contributed by atoms with Gasteiger partial charge in [0, 0.05) is 16.5 Å². The Kier molecular flexibility index (Phi) is 25.6. The maximum Gasteiger partial charge on any atom is 0.0543 e. The number of rotatable bonds is 6. The van der Waals surface area contributed by atoms with E-state index in [1.807, 2.05) is 0 Å². The van der Waals surface area contributed by atoms with E-state index in [9.17, 15) is 0 Å². The van der Waals surface area contributed by atoms with Crippen molar-refractivity contribution >= 4 is 15.8 Å². The van der Waals surface area contributed by atoms with Gasteiger partial charge < -0.3 is 0 Å². The van der Waals surface area contributed by atoms with Crippen LogP contribution in [-0.4, -0.2) is 37.0 Å². The largest absolute Gasteiger partial charge is 0.0543 e. The van der Waals surface area contributed by atoms with Crippen LogP contribution in [0, 0.1) is 0 Å². The molecular weight excluding hydrogens is 265 g/mol. The molecular formula is C12H32NiP2+2. The van der Waals surface area contributed by atoms with E-state index >= 15 is 0 Å². The second-order valence-corrected chi connectivity index (χ2v) is 10.9. The SMILES string of the molecule is CC[PH+](CC)CC.CC[PH+](CC)CC.[Ni]. The molecule has 0 saturated carbocycles. The molecule has 0 aromatic carbocycles. The van der Waals surface area contributed by atoms with Gasteiger partial charge in [0.1, 0.15) is 0 Å². The normalized spacial score (nSPS) is 9.60. The minimum atomic E-state index is 0. The Morgan fingerprint density at radius 2 is 0.600 bits per heavy atom. The van der Waals surface area contributed by atoms with Crippen LogP contribution in [0.5, 0.6) is 0 Å². The molecule has 0 aliphatic rings. The average Bonchev–Trinajstić information content (AvgIpc) is 2.24. The molecule has 0 saturated heterocycles. The van der Waals surface area contributed by atoms with Gasteiger partial charge in [-0.25, -0.2) is 0 Å². The van der Waals surface area contributed by atoms with Gasteiger partial charge >= 0.3 is 0 Å². The van der Waals surface area contributed by atoms with E-state index in [0.29, 0.717) is 0 Å². The van der Waals surface area contributed by atoms with Gasteiger partial charge in [0.15, 0.2) is 0 Å². The van der Waals surface area contributed by atoms with Crippen LogP contribution in [0.25, 0.3) is 0 Å². The second-order valence-electron chi connectivity index (χ2n) is 3.62. The molecule has 0 aliphatic heterocycles. The van der Waals surface area contributed by atoms with Crippen molar-refractivity contribution in [1.82, 2.24) is 0 Å². The summed E-state index contributed by atoms with van der Waals surface area (Å²) in [5.74, 6) is 0. The maximum atomic E-state index is 2.31. The summed E-state index contributed by atoms with van der Waals surface area (Å²) >= 11 is 0. The van der Waals surface area contributed by atoms with E-state index in [2.05, 4.69) is 41.5 Å². The average molecular weight is 297 g/mol. The molecule has 0 bridgehead atoms. The summed E-state index contributed by atoms with van der Waals surface area (Å²) in [7, 11) is 0.275. The van der Waals surface area contributed by atoms with E-state index < -0.39 is 0 Å². The third kappa shape index (κ3) is 15.4. The smallest absolute Gasteiger partial charge is 0.0313 e. The Labute approximate surface area is 111 Å². The molecule has 0 aliphatic carbocycles. The van der Waals surface area contributed by atoms with Crippen LogP contribution in [0.2, 0.25) is 0 Å². The molecule has 0 nitrogen and oxygen atoms in total. The molecule has 0 unspecified atom stereocenters. The third-order valence-corrected chi connectivity index (χ3v) is 9.00. The first kappa shape index (κ1) is 21.6. The summed E-state index contributed by atoms with van der Waals surface area (Å²) in [5.41, 5.74) is 0. The molecule has 0 radical (unpaired) electrons. The van der Waals surface area contributed by atoms with E-state index in [4.69, 9.17) is 0 Å². The predicted molar refractivity (Wildman–Crippen MR) is 79.9 cm³/mol. The monoisotopic (exact) mass is 296 g/mol. The van der Waals surface area contributed by atoms with Gasteiger partial charge in [-0.3, -0.25) is 0 Å². The molecule has 0 amide bonds. The van der Waals surface area contributed by atoms with Crippen molar-refractivity contribution in [2.24, 2.45) is 0 Å². The number of hydrogen-bond donors (Lipinski definition) is 0. The van der Waals surface area contributed by atoms with Gasteiger partial charge in [-0.05, 0) is 57.4 Å². The van der Waals surface area contributed by atoms with Gasteiger partial charge in [-0.2, -0.15) is 0 Å². The summed E-state index contributed by atoms with van der Waals surface area (Å²) in [4.78, 5) is 0. The standard InChI is InChI=1S/2C6H15P.Ni/c2*1-4-7(5-2)6-3;/h2*4-6H2,1-3H3;/p+2. The Morgan fingerprint density at radius 3 is 0.600 bits per heavy atom. The van der Waals surface area contributed by atoms with Crippen molar-refractivity contribution in [3.05, 3.63) is 0 Å². The fourth-order valence-corrected chi connectivity index (χ4v) is 4.50. The summed E-state index contributed by atoms with van der Waals surface area (Å²) in [6.45, 7) is 13.8. The van der Waals surface area contributed by atoms with Crippen molar-refractivity contribution in [1.29, 1.82) is 0 Å². The molecule has 0 aromatic heterocycles. The zero-order valence-corrected chi connectivity index (χ0v) is 14.5. The zero-order chi connectivity index (χ0) is 11.4. The van der Waals surface area contributed by atoms with Crippen LogP contribution in [-0.2, 0) is 16.5 Å². The molecule has 3 heteroatoms. The van der Waals surface area contributed by atoms with Crippen LogP contribution >= 0.6 is 15.8 Å². The first-order chi connectivity index (χ1) is 6.69. The van der Waals surface area contributed by atoms with E-state index in [1.165, 1.54) is 37.0 Å².